The number of methoxy groups -OCH3 is 1. The topological polar surface area (TPSA) is 59.0 Å². The van der Waals surface area contributed by atoms with E-state index in [1.807, 2.05) is 6.92 Å². The lowest BCUT2D eigenvalue weighted by Crippen LogP contribution is -2.33. The van der Waals surface area contributed by atoms with Crippen molar-refractivity contribution in [2.75, 3.05) is 26.8 Å². The van der Waals surface area contributed by atoms with Crippen molar-refractivity contribution in [2.45, 2.75) is 26.1 Å². The van der Waals surface area contributed by atoms with Crippen LogP contribution in [0.5, 0.6) is 11.5 Å². The Morgan fingerprint density at radius 1 is 1.32 bits per heavy atom. The minimum absolute atomic E-state index is 0.128. The summed E-state index contributed by atoms with van der Waals surface area (Å²) in [5.74, 6) is -3.61. The highest BCUT2D eigenvalue weighted by Gasteiger charge is 2.52. The molecule has 0 bridgehead atoms. The van der Waals surface area contributed by atoms with Gasteiger partial charge in [-0.2, -0.15) is 13.2 Å². The van der Waals surface area contributed by atoms with Gasteiger partial charge in [0.25, 0.3) is 0 Å². The first-order chi connectivity index (χ1) is 11.8. The second-order valence-electron chi connectivity index (χ2n) is 6.12. The van der Waals surface area contributed by atoms with E-state index in [4.69, 9.17) is 14.6 Å². The highest BCUT2D eigenvalue weighted by atomic mass is 19.4. The number of hydrogen-bond acceptors (Lipinski definition) is 4. The van der Waals surface area contributed by atoms with Crippen LogP contribution in [0.1, 0.15) is 18.9 Å². The number of benzene rings is 1. The molecular weight excluding hydrogens is 339 g/mol. The fraction of sp³-hybridized carbons (Fsp3) is 0.588. The van der Waals surface area contributed by atoms with Crippen LogP contribution in [0.25, 0.3) is 0 Å². The molecule has 8 heteroatoms. The number of nitrogens with zero attached hydrogens (tertiary/aromatic N) is 1. The number of alkyl halides is 3. The van der Waals surface area contributed by atoms with Gasteiger partial charge in [-0.15, -0.1) is 0 Å². The highest BCUT2D eigenvalue weighted by Crippen LogP contribution is 2.38. The highest BCUT2D eigenvalue weighted by molar-refractivity contribution is 5.71. The van der Waals surface area contributed by atoms with E-state index in [1.165, 1.54) is 12.0 Å². The molecule has 0 spiro atoms. The molecule has 1 N–H and O–H groups in total. The lowest BCUT2D eigenvalue weighted by molar-refractivity contribution is -0.188. The number of hydrogen-bond donors (Lipinski definition) is 1. The summed E-state index contributed by atoms with van der Waals surface area (Å²) in [5.41, 5.74) is 0.749. The van der Waals surface area contributed by atoms with E-state index >= 15 is 0 Å². The Kier molecular flexibility index (Phi) is 6.16. The normalized spacial score (nSPS) is 21.3. The van der Waals surface area contributed by atoms with Gasteiger partial charge in [0, 0.05) is 19.6 Å². The average molecular weight is 361 g/mol. The van der Waals surface area contributed by atoms with Crippen molar-refractivity contribution in [3.8, 4) is 11.5 Å². The third-order valence-corrected chi connectivity index (χ3v) is 4.23. The molecule has 1 aromatic carbocycles. The number of aliphatic carboxylic acids is 1. The number of ether oxygens (including phenoxy) is 2. The number of carboxylic acid groups (broad SMARTS) is 1. The molecule has 0 unspecified atom stereocenters. The molecule has 0 amide bonds. The van der Waals surface area contributed by atoms with Gasteiger partial charge in [0.1, 0.15) is 0 Å². The Morgan fingerprint density at radius 2 is 2.04 bits per heavy atom. The van der Waals surface area contributed by atoms with Gasteiger partial charge >= 0.3 is 12.1 Å². The van der Waals surface area contributed by atoms with Gasteiger partial charge in [-0.05, 0) is 24.1 Å². The summed E-state index contributed by atoms with van der Waals surface area (Å²) in [6.07, 6.45) is -3.71. The lowest BCUT2D eigenvalue weighted by Gasteiger charge is -2.19. The second kappa shape index (κ2) is 7.95. The smallest absolute Gasteiger partial charge is 0.393 e. The number of halogens is 3. The number of carbonyl (C=O) groups is 1. The molecule has 0 aliphatic carbocycles. The van der Waals surface area contributed by atoms with Crippen molar-refractivity contribution in [1.82, 2.24) is 4.90 Å². The zero-order valence-electron chi connectivity index (χ0n) is 14.2. The Bertz CT molecular complexity index is 606. The number of rotatable bonds is 7. The third kappa shape index (κ3) is 4.78. The van der Waals surface area contributed by atoms with E-state index in [-0.39, 0.29) is 19.6 Å². The van der Waals surface area contributed by atoms with E-state index in [1.54, 1.807) is 18.2 Å². The van der Waals surface area contributed by atoms with Gasteiger partial charge in [-0.25, -0.2) is 0 Å². The maximum atomic E-state index is 13.1. The van der Waals surface area contributed by atoms with Crippen molar-refractivity contribution in [2.24, 2.45) is 11.8 Å². The van der Waals surface area contributed by atoms with Gasteiger partial charge in [0.2, 0.25) is 0 Å². The minimum atomic E-state index is -4.52. The molecule has 1 aromatic rings. The minimum Gasteiger partial charge on any atom is -0.493 e. The van der Waals surface area contributed by atoms with Crippen LogP contribution in [0.15, 0.2) is 18.2 Å². The van der Waals surface area contributed by atoms with E-state index in [0.29, 0.717) is 18.1 Å². The third-order valence-electron chi connectivity index (χ3n) is 4.23. The summed E-state index contributed by atoms with van der Waals surface area (Å²) >= 11 is 0. The average Bonchev–Trinajstić information content (AvgIpc) is 2.97. The second-order valence-corrected chi connectivity index (χ2v) is 6.12. The summed E-state index contributed by atoms with van der Waals surface area (Å²) in [4.78, 5) is 12.7. The number of carboxylic acids is 1. The van der Waals surface area contributed by atoms with Gasteiger partial charge < -0.3 is 14.6 Å². The van der Waals surface area contributed by atoms with Crippen molar-refractivity contribution in [3.05, 3.63) is 23.8 Å². The molecule has 0 radical (unpaired) electrons. The maximum absolute atomic E-state index is 13.1. The monoisotopic (exact) mass is 361 g/mol. The summed E-state index contributed by atoms with van der Waals surface area (Å²) < 4.78 is 50.0. The Labute approximate surface area is 144 Å². The van der Waals surface area contributed by atoms with Gasteiger partial charge in [0.05, 0.1) is 25.6 Å². The van der Waals surface area contributed by atoms with E-state index in [9.17, 15) is 18.0 Å². The molecule has 25 heavy (non-hydrogen) atoms. The fourth-order valence-corrected chi connectivity index (χ4v) is 3.00. The molecule has 0 saturated carbocycles. The predicted octanol–water partition coefficient (Wildman–Crippen LogP) is 3.18. The molecule has 140 valence electrons. The molecule has 1 saturated heterocycles. The van der Waals surface area contributed by atoms with Crippen LogP contribution in [0.2, 0.25) is 0 Å². The van der Waals surface area contributed by atoms with Crippen LogP contribution in [-0.2, 0) is 11.3 Å². The Hall–Kier alpha value is -1.96. The lowest BCUT2D eigenvalue weighted by atomic mass is 9.96. The zero-order chi connectivity index (χ0) is 18.6. The predicted molar refractivity (Wildman–Crippen MR) is 84.7 cm³/mol. The molecule has 1 aliphatic rings. The van der Waals surface area contributed by atoms with E-state index in [2.05, 4.69) is 0 Å². The maximum Gasteiger partial charge on any atom is 0.393 e. The molecule has 1 aliphatic heterocycles. The first kappa shape index (κ1) is 19.4. The zero-order valence-corrected chi connectivity index (χ0v) is 14.2. The van der Waals surface area contributed by atoms with Crippen LogP contribution in [0.4, 0.5) is 13.2 Å². The summed E-state index contributed by atoms with van der Waals surface area (Å²) in [6, 6.07) is 5.17. The first-order valence-electron chi connectivity index (χ1n) is 8.07. The largest absolute Gasteiger partial charge is 0.493 e. The molecule has 2 rings (SSSR count). The quantitative estimate of drug-likeness (QED) is 0.808. The van der Waals surface area contributed by atoms with Crippen molar-refractivity contribution in [1.29, 1.82) is 0 Å². The summed E-state index contributed by atoms with van der Waals surface area (Å²) in [7, 11) is 1.51. The molecule has 1 fully saturated rings. The van der Waals surface area contributed by atoms with Crippen LogP contribution in [-0.4, -0.2) is 49.0 Å². The first-order valence-corrected chi connectivity index (χ1v) is 8.07. The van der Waals surface area contributed by atoms with Gasteiger partial charge in [0.15, 0.2) is 11.5 Å². The van der Waals surface area contributed by atoms with Crippen LogP contribution < -0.4 is 9.47 Å². The number of likely N-dealkylation sites (tertiary alicyclic amines) is 1. The Morgan fingerprint density at radius 3 is 2.56 bits per heavy atom. The molecular formula is C17H22F3NO4. The van der Waals surface area contributed by atoms with Crippen molar-refractivity contribution in [3.63, 3.8) is 0 Å². The standard InChI is InChI=1S/C17H22F3NO4/c1-3-6-25-15-7-11(4-5-14(15)24-2)8-21-9-12(16(22)23)13(10-21)17(18,19)20/h4-5,7,12-13H,3,6,8-10H2,1-2H3,(H,22,23)/t12-,13-/m1/s1. The van der Waals surface area contributed by atoms with Crippen molar-refractivity contribution < 1.29 is 32.5 Å². The molecule has 5 nitrogen and oxygen atoms in total. The van der Waals surface area contributed by atoms with Gasteiger partial charge in [-0.3, -0.25) is 9.69 Å². The SMILES string of the molecule is CCCOc1cc(CN2C[C@@H](C(F)(F)F)[C@H](C(=O)O)C2)ccc1OC. The van der Waals surface area contributed by atoms with Crippen LogP contribution >= 0.6 is 0 Å². The van der Waals surface area contributed by atoms with Crippen LogP contribution in [0, 0.1) is 11.8 Å². The molecule has 0 aromatic heterocycles. The fourth-order valence-electron chi connectivity index (χ4n) is 3.00. The van der Waals surface area contributed by atoms with Crippen molar-refractivity contribution >= 4 is 5.97 Å². The summed E-state index contributed by atoms with van der Waals surface area (Å²) in [5, 5.41) is 9.08. The summed E-state index contributed by atoms with van der Waals surface area (Å²) in [6.45, 7) is 2.24. The van der Waals surface area contributed by atoms with E-state index < -0.39 is 24.0 Å². The van der Waals surface area contributed by atoms with Gasteiger partial charge in [-0.1, -0.05) is 13.0 Å². The molecule has 2 atom stereocenters. The Balaban J connectivity index is 2.13. The molecule has 1 heterocycles. The van der Waals surface area contributed by atoms with Crippen LogP contribution in [0.3, 0.4) is 0 Å². The van der Waals surface area contributed by atoms with E-state index in [0.717, 1.165) is 12.0 Å².